The lowest BCUT2D eigenvalue weighted by molar-refractivity contribution is 0.190. The van der Waals surface area contributed by atoms with E-state index in [4.69, 9.17) is 0 Å². The van der Waals surface area contributed by atoms with E-state index in [9.17, 15) is 0 Å². The average Bonchev–Trinajstić information content (AvgIpc) is 2.15. The van der Waals surface area contributed by atoms with Crippen molar-refractivity contribution >= 4 is 0 Å². The summed E-state index contributed by atoms with van der Waals surface area (Å²) in [6.45, 7) is 3.39. The molecular weight excluding hydrogens is 172 g/mol. The molecule has 0 bridgehead atoms. The minimum atomic E-state index is 0.767. The summed E-state index contributed by atoms with van der Waals surface area (Å²) < 4.78 is 0. The molecule has 1 fully saturated rings. The summed E-state index contributed by atoms with van der Waals surface area (Å²) in [6, 6.07) is 8.99. The summed E-state index contributed by atoms with van der Waals surface area (Å²) in [5.41, 5.74) is 2.85. The number of likely N-dealkylation sites (N-methyl/N-ethyl adjacent to an activating group) is 1. The van der Waals surface area contributed by atoms with Gasteiger partial charge < -0.3 is 10.2 Å². The van der Waals surface area contributed by atoms with Gasteiger partial charge in [-0.3, -0.25) is 0 Å². The zero-order chi connectivity index (χ0) is 9.97. The first-order valence-corrected chi connectivity index (χ1v) is 5.21. The van der Waals surface area contributed by atoms with E-state index in [1.165, 1.54) is 24.2 Å². The van der Waals surface area contributed by atoms with Crippen molar-refractivity contribution in [2.45, 2.75) is 12.5 Å². The van der Waals surface area contributed by atoms with Crippen LogP contribution in [-0.4, -0.2) is 32.1 Å². The Labute approximate surface area is 85.9 Å². The van der Waals surface area contributed by atoms with Gasteiger partial charge in [0, 0.05) is 25.6 Å². The molecule has 1 aromatic carbocycles. The number of rotatable bonds is 3. The van der Waals surface area contributed by atoms with Crippen LogP contribution in [-0.2, 0) is 6.54 Å². The summed E-state index contributed by atoms with van der Waals surface area (Å²) in [6.07, 6.45) is 0. The number of benzene rings is 1. The van der Waals surface area contributed by atoms with E-state index in [1.807, 2.05) is 7.05 Å². The predicted molar refractivity (Wildman–Crippen MR) is 59.4 cm³/mol. The van der Waals surface area contributed by atoms with Crippen molar-refractivity contribution in [3.05, 3.63) is 35.4 Å². The van der Waals surface area contributed by atoms with Crippen molar-refractivity contribution in [2.75, 3.05) is 27.2 Å². The Hall–Kier alpha value is -0.860. The standard InChI is InChI=1S/C12H18N2/c1-13-7-10-3-5-11(6-4-10)12-8-14(2)9-12/h3-6,12-13H,7-9H2,1-2H3. The first-order valence-electron chi connectivity index (χ1n) is 5.21. The Morgan fingerprint density at radius 3 is 2.43 bits per heavy atom. The molecule has 1 aromatic rings. The van der Waals surface area contributed by atoms with Gasteiger partial charge in [0.1, 0.15) is 0 Å². The third-order valence-electron chi connectivity index (χ3n) is 2.90. The highest BCUT2D eigenvalue weighted by molar-refractivity contribution is 5.27. The molecule has 1 N–H and O–H groups in total. The first-order chi connectivity index (χ1) is 6.79. The Morgan fingerprint density at radius 1 is 1.29 bits per heavy atom. The third-order valence-corrected chi connectivity index (χ3v) is 2.90. The lowest BCUT2D eigenvalue weighted by Gasteiger charge is -2.36. The van der Waals surface area contributed by atoms with Gasteiger partial charge in [-0.2, -0.15) is 0 Å². The maximum Gasteiger partial charge on any atom is 0.0202 e. The number of hydrogen-bond donors (Lipinski definition) is 1. The smallest absolute Gasteiger partial charge is 0.0202 e. The van der Waals surface area contributed by atoms with Crippen LogP contribution in [0.25, 0.3) is 0 Å². The van der Waals surface area contributed by atoms with E-state index in [0.717, 1.165) is 12.5 Å². The summed E-state index contributed by atoms with van der Waals surface area (Å²) in [5, 5.41) is 3.16. The van der Waals surface area contributed by atoms with Crippen LogP contribution in [0.1, 0.15) is 17.0 Å². The fourth-order valence-electron chi connectivity index (χ4n) is 2.02. The largest absolute Gasteiger partial charge is 0.316 e. The Morgan fingerprint density at radius 2 is 1.93 bits per heavy atom. The molecule has 2 rings (SSSR count). The molecule has 0 unspecified atom stereocenters. The molecule has 1 aliphatic heterocycles. The Kier molecular flexibility index (Phi) is 2.85. The van der Waals surface area contributed by atoms with Crippen LogP contribution in [0.3, 0.4) is 0 Å². The van der Waals surface area contributed by atoms with Gasteiger partial charge in [-0.25, -0.2) is 0 Å². The monoisotopic (exact) mass is 190 g/mol. The fraction of sp³-hybridized carbons (Fsp3) is 0.500. The van der Waals surface area contributed by atoms with Crippen molar-refractivity contribution in [3.8, 4) is 0 Å². The number of hydrogen-bond acceptors (Lipinski definition) is 2. The lowest BCUT2D eigenvalue weighted by Crippen LogP contribution is -2.41. The molecule has 14 heavy (non-hydrogen) atoms. The fourth-order valence-corrected chi connectivity index (χ4v) is 2.02. The lowest BCUT2D eigenvalue weighted by atomic mass is 9.91. The summed E-state index contributed by atoms with van der Waals surface area (Å²) in [4.78, 5) is 2.35. The zero-order valence-electron chi connectivity index (χ0n) is 8.96. The number of nitrogens with zero attached hydrogens (tertiary/aromatic N) is 1. The minimum absolute atomic E-state index is 0.767. The molecule has 1 heterocycles. The quantitative estimate of drug-likeness (QED) is 0.776. The van der Waals surface area contributed by atoms with E-state index in [-0.39, 0.29) is 0 Å². The second-order valence-corrected chi connectivity index (χ2v) is 4.19. The molecule has 2 nitrogen and oxygen atoms in total. The first kappa shape index (κ1) is 9.69. The maximum atomic E-state index is 3.16. The van der Waals surface area contributed by atoms with Crippen molar-refractivity contribution in [1.29, 1.82) is 0 Å². The van der Waals surface area contributed by atoms with Crippen LogP contribution >= 0.6 is 0 Å². The van der Waals surface area contributed by atoms with Crippen LogP contribution in [0, 0.1) is 0 Å². The molecule has 2 heteroatoms. The second kappa shape index (κ2) is 4.11. The minimum Gasteiger partial charge on any atom is -0.316 e. The van der Waals surface area contributed by atoms with Crippen LogP contribution in [0.5, 0.6) is 0 Å². The molecule has 0 spiro atoms. The van der Waals surface area contributed by atoms with Crippen LogP contribution < -0.4 is 5.32 Å². The van der Waals surface area contributed by atoms with Gasteiger partial charge in [-0.1, -0.05) is 24.3 Å². The van der Waals surface area contributed by atoms with Gasteiger partial charge in [-0.05, 0) is 25.2 Å². The van der Waals surface area contributed by atoms with E-state index in [0.29, 0.717) is 0 Å². The van der Waals surface area contributed by atoms with Crippen LogP contribution in [0.15, 0.2) is 24.3 Å². The van der Waals surface area contributed by atoms with Gasteiger partial charge in [0.2, 0.25) is 0 Å². The molecule has 0 saturated carbocycles. The molecule has 0 aromatic heterocycles. The topological polar surface area (TPSA) is 15.3 Å². The highest BCUT2D eigenvalue weighted by atomic mass is 15.2. The van der Waals surface area contributed by atoms with Crippen molar-refractivity contribution in [2.24, 2.45) is 0 Å². The van der Waals surface area contributed by atoms with Gasteiger partial charge in [0.15, 0.2) is 0 Å². The normalized spacial score (nSPS) is 18.1. The van der Waals surface area contributed by atoms with Gasteiger partial charge in [0.25, 0.3) is 0 Å². The molecule has 1 saturated heterocycles. The SMILES string of the molecule is CNCc1ccc(C2CN(C)C2)cc1. The summed E-state index contributed by atoms with van der Waals surface area (Å²) in [5.74, 6) is 0.767. The number of nitrogens with one attached hydrogen (secondary N) is 1. The van der Waals surface area contributed by atoms with E-state index >= 15 is 0 Å². The second-order valence-electron chi connectivity index (χ2n) is 4.19. The Bertz CT molecular complexity index is 286. The van der Waals surface area contributed by atoms with Crippen LogP contribution in [0.2, 0.25) is 0 Å². The predicted octanol–water partition coefficient (Wildman–Crippen LogP) is 1.44. The summed E-state index contributed by atoms with van der Waals surface area (Å²) >= 11 is 0. The highest BCUT2D eigenvalue weighted by Crippen LogP contribution is 2.25. The van der Waals surface area contributed by atoms with Crippen molar-refractivity contribution in [3.63, 3.8) is 0 Å². The van der Waals surface area contributed by atoms with Gasteiger partial charge >= 0.3 is 0 Å². The molecule has 1 aliphatic rings. The van der Waals surface area contributed by atoms with Crippen molar-refractivity contribution in [1.82, 2.24) is 10.2 Å². The average molecular weight is 190 g/mol. The molecule has 0 atom stereocenters. The third kappa shape index (κ3) is 1.97. The summed E-state index contributed by atoms with van der Waals surface area (Å²) in [7, 11) is 4.15. The molecule has 76 valence electrons. The van der Waals surface area contributed by atoms with Crippen molar-refractivity contribution < 1.29 is 0 Å². The van der Waals surface area contributed by atoms with E-state index in [2.05, 4.69) is 41.5 Å². The molecular formula is C12H18N2. The Balaban J connectivity index is 1.99. The molecule has 0 aliphatic carbocycles. The highest BCUT2D eigenvalue weighted by Gasteiger charge is 2.24. The van der Waals surface area contributed by atoms with E-state index < -0.39 is 0 Å². The maximum absolute atomic E-state index is 3.16. The molecule has 0 amide bonds. The van der Waals surface area contributed by atoms with Gasteiger partial charge in [0.05, 0.1) is 0 Å². The van der Waals surface area contributed by atoms with Crippen LogP contribution in [0.4, 0.5) is 0 Å². The zero-order valence-corrected chi connectivity index (χ0v) is 8.96. The number of likely N-dealkylation sites (tertiary alicyclic amines) is 1. The van der Waals surface area contributed by atoms with E-state index in [1.54, 1.807) is 0 Å². The van der Waals surface area contributed by atoms with Gasteiger partial charge in [-0.15, -0.1) is 0 Å². The molecule has 0 radical (unpaired) electrons.